The molecule has 1 aromatic carbocycles. The number of aryl methyl sites for hydroxylation is 2. The van der Waals surface area contributed by atoms with Gasteiger partial charge in [0.2, 0.25) is 0 Å². The Morgan fingerprint density at radius 2 is 2.25 bits per heavy atom. The summed E-state index contributed by atoms with van der Waals surface area (Å²) in [5.41, 5.74) is 4.54. The summed E-state index contributed by atoms with van der Waals surface area (Å²) in [6.45, 7) is 4.59. The largest absolute Gasteiger partial charge is 0.347 e. The van der Waals surface area contributed by atoms with Gasteiger partial charge in [0.25, 0.3) is 0 Å². The number of hydrogen-bond acceptors (Lipinski definition) is 2. The van der Waals surface area contributed by atoms with E-state index in [4.69, 9.17) is 0 Å². The van der Waals surface area contributed by atoms with Gasteiger partial charge >= 0.3 is 0 Å². The van der Waals surface area contributed by atoms with E-state index >= 15 is 0 Å². The Labute approximate surface area is 120 Å². The average molecular weight is 269 g/mol. The second-order valence-electron chi connectivity index (χ2n) is 6.35. The first-order valence-corrected chi connectivity index (χ1v) is 7.83. The van der Waals surface area contributed by atoms with Crippen LogP contribution in [0.5, 0.6) is 0 Å². The minimum atomic E-state index is 0.638. The predicted octanol–water partition coefficient (Wildman–Crippen LogP) is 2.03. The second kappa shape index (κ2) is 4.90. The van der Waals surface area contributed by atoms with Crippen LogP contribution in [0, 0.1) is 0 Å². The van der Waals surface area contributed by atoms with E-state index in [2.05, 4.69) is 46.2 Å². The van der Waals surface area contributed by atoms with Gasteiger partial charge in [-0.1, -0.05) is 6.07 Å². The normalized spacial score (nSPS) is 23.4. The summed E-state index contributed by atoms with van der Waals surface area (Å²) in [5.74, 6) is 0. The SMILES string of the molecule is CN1CCNCC1Cc1cc2c3c(ccn3CCC2)c1. The van der Waals surface area contributed by atoms with Crippen LogP contribution in [0.2, 0.25) is 0 Å². The van der Waals surface area contributed by atoms with Gasteiger partial charge in [-0.25, -0.2) is 0 Å². The van der Waals surface area contributed by atoms with Gasteiger partial charge in [0, 0.05) is 43.8 Å². The lowest BCUT2D eigenvalue weighted by Crippen LogP contribution is -2.50. The van der Waals surface area contributed by atoms with Crippen LogP contribution < -0.4 is 5.32 Å². The highest BCUT2D eigenvalue weighted by molar-refractivity contribution is 5.84. The molecule has 106 valence electrons. The Balaban J connectivity index is 1.67. The van der Waals surface area contributed by atoms with Crippen molar-refractivity contribution in [3.8, 4) is 0 Å². The van der Waals surface area contributed by atoms with Crippen molar-refractivity contribution in [3.63, 3.8) is 0 Å². The number of likely N-dealkylation sites (N-methyl/N-ethyl adjacent to an activating group) is 1. The van der Waals surface area contributed by atoms with E-state index in [0.29, 0.717) is 6.04 Å². The molecule has 4 rings (SSSR count). The van der Waals surface area contributed by atoms with Gasteiger partial charge in [-0.2, -0.15) is 0 Å². The van der Waals surface area contributed by atoms with E-state index in [-0.39, 0.29) is 0 Å². The van der Waals surface area contributed by atoms with E-state index in [1.165, 1.54) is 35.9 Å². The van der Waals surface area contributed by atoms with E-state index < -0.39 is 0 Å². The quantitative estimate of drug-likeness (QED) is 0.900. The zero-order chi connectivity index (χ0) is 13.5. The molecule has 1 aromatic heterocycles. The van der Waals surface area contributed by atoms with Crippen LogP contribution in [0.4, 0.5) is 0 Å². The third-order valence-electron chi connectivity index (χ3n) is 4.96. The molecule has 3 nitrogen and oxygen atoms in total. The van der Waals surface area contributed by atoms with Crippen LogP contribution in [-0.4, -0.2) is 42.2 Å². The minimum Gasteiger partial charge on any atom is -0.347 e. The highest BCUT2D eigenvalue weighted by Crippen LogP contribution is 2.28. The van der Waals surface area contributed by atoms with Crippen molar-refractivity contribution in [1.29, 1.82) is 0 Å². The number of piperazine rings is 1. The number of rotatable bonds is 2. The van der Waals surface area contributed by atoms with Gasteiger partial charge in [-0.15, -0.1) is 0 Å². The van der Waals surface area contributed by atoms with Crippen LogP contribution in [0.3, 0.4) is 0 Å². The summed E-state index contributed by atoms with van der Waals surface area (Å²) >= 11 is 0. The molecule has 0 amide bonds. The lowest BCUT2D eigenvalue weighted by Gasteiger charge is -2.33. The Kier molecular flexibility index (Phi) is 3.04. The highest BCUT2D eigenvalue weighted by atomic mass is 15.2. The molecule has 0 saturated carbocycles. The van der Waals surface area contributed by atoms with E-state index in [1.54, 1.807) is 5.56 Å². The molecule has 1 unspecified atom stereocenters. The molecule has 0 spiro atoms. The van der Waals surface area contributed by atoms with Crippen molar-refractivity contribution < 1.29 is 0 Å². The molecule has 1 fully saturated rings. The van der Waals surface area contributed by atoms with Crippen LogP contribution >= 0.6 is 0 Å². The summed E-state index contributed by atoms with van der Waals surface area (Å²) in [4.78, 5) is 2.50. The van der Waals surface area contributed by atoms with Gasteiger partial charge < -0.3 is 14.8 Å². The van der Waals surface area contributed by atoms with Crippen molar-refractivity contribution in [1.82, 2.24) is 14.8 Å². The number of nitrogens with zero attached hydrogens (tertiary/aromatic N) is 2. The van der Waals surface area contributed by atoms with Gasteiger partial charge in [-0.05, 0) is 49.6 Å². The molecule has 1 N–H and O–H groups in total. The summed E-state index contributed by atoms with van der Waals surface area (Å²) in [6, 6.07) is 7.79. The standard InChI is InChI=1S/C17H23N3/c1-19-8-5-18-12-16(19)11-13-9-14-3-2-6-20-7-4-15(10-13)17(14)20/h4,7,9-10,16,18H,2-3,5-6,8,11-12H2,1H3. The van der Waals surface area contributed by atoms with E-state index in [0.717, 1.165) is 26.1 Å². The molecule has 3 heteroatoms. The topological polar surface area (TPSA) is 20.2 Å². The van der Waals surface area contributed by atoms with E-state index in [9.17, 15) is 0 Å². The molecule has 2 aliphatic rings. The lowest BCUT2D eigenvalue weighted by molar-refractivity contribution is 0.199. The molecule has 0 aliphatic carbocycles. The summed E-state index contributed by atoms with van der Waals surface area (Å²) in [5, 5.41) is 4.95. The van der Waals surface area contributed by atoms with Gasteiger partial charge in [0.05, 0.1) is 5.52 Å². The molecule has 0 bridgehead atoms. The Morgan fingerprint density at radius 1 is 1.30 bits per heavy atom. The fraction of sp³-hybridized carbons (Fsp3) is 0.529. The number of nitrogens with one attached hydrogen (secondary N) is 1. The van der Waals surface area contributed by atoms with Crippen LogP contribution in [0.1, 0.15) is 17.5 Å². The maximum Gasteiger partial charge on any atom is 0.0513 e. The molecule has 1 saturated heterocycles. The highest BCUT2D eigenvalue weighted by Gasteiger charge is 2.20. The van der Waals surface area contributed by atoms with Crippen molar-refractivity contribution in [2.75, 3.05) is 26.7 Å². The maximum absolute atomic E-state index is 3.52. The average Bonchev–Trinajstić information content (AvgIpc) is 2.87. The molecule has 2 aliphatic heterocycles. The fourth-order valence-corrected chi connectivity index (χ4v) is 3.81. The summed E-state index contributed by atoms with van der Waals surface area (Å²) in [6.07, 6.45) is 5.95. The predicted molar refractivity (Wildman–Crippen MR) is 83.3 cm³/mol. The number of benzene rings is 1. The first kappa shape index (κ1) is 12.4. The van der Waals surface area contributed by atoms with Gasteiger partial charge in [-0.3, -0.25) is 0 Å². The molecule has 20 heavy (non-hydrogen) atoms. The molecule has 0 radical (unpaired) electrons. The van der Waals surface area contributed by atoms with Crippen LogP contribution in [0.15, 0.2) is 24.4 Å². The molecular formula is C17H23N3. The first-order valence-electron chi connectivity index (χ1n) is 7.83. The number of aromatic nitrogens is 1. The van der Waals surface area contributed by atoms with Crippen molar-refractivity contribution in [2.45, 2.75) is 31.8 Å². The smallest absolute Gasteiger partial charge is 0.0513 e. The second-order valence-corrected chi connectivity index (χ2v) is 6.35. The molecular weight excluding hydrogens is 246 g/mol. The molecule has 2 aromatic rings. The summed E-state index contributed by atoms with van der Waals surface area (Å²) in [7, 11) is 2.25. The molecule has 3 heterocycles. The van der Waals surface area contributed by atoms with Crippen LogP contribution in [-0.2, 0) is 19.4 Å². The van der Waals surface area contributed by atoms with E-state index in [1.807, 2.05) is 0 Å². The third-order valence-corrected chi connectivity index (χ3v) is 4.96. The first-order chi connectivity index (χ1) is 9.81. The van der Waals surface area contributed by atoms with Crippen LogP contribution in [0.25, 0.3) is 10.9 Å². The van der Waals surface area contributed by atoms with Crippen molar-refractivity contribution in [2.24, 2.45) is 0 Å². The Bertz CT molecular complexity index is 628. The number of hydrogen-bond donors (Lipinski definition) is 1. The van der Waals surface area contributed by atoms with Gasteiger partial charge in [0.1, 0.15) is 0 Å². The molecule has 1 atom stereocenters. The monoisotopic (exact) mass is 269 g/mol. The third kappa shape index (κ3) is 2.05. The zero-order valence-electron chi connectivity index (χ0n) is 12.2. The Morgan fingerprint density at radius 3 is 3.15 bits per heavy atom. The summed E-state index contributed by atoms with van der Waals surface area (Å²) < 4.78 is 2.42. The maximum atomic E-state index is 3.52. The zero-order valence-corrected chi connectivity index (χ0v) is 12.2. The Hall–Kier alpha value is -1.32. The fourth-order valence-electron chi connectivity index (χ4n) is 3.81. The lowest BCUT2D eigenvalue weighted by atomic mass is 9.96. The van der Waals surface area contributed by atoms with Crippen molar-refractivity contribution >= 4 is 10.9 Å². The minimum absolute atomic E-state index is 0.638. The van der Waals surface area contributed by atoms with Gasteiger partial charge in [0.15, 0.2) is 0 Å². The van der Waals surface area contributed by atoms with Crippen molar-refractivity contribution in [3.05, 3.63) is 35.5 Å².